The van der Waals surface area contributed by atoms with E-state index >= 15 is 0 Å². The Balaban J connectivity index is 2.26. The van der Waals surface area contributed by atoms with Crippen LogP contribution in [0.25, 0.3) is 0 Å². The lowest BCUT2D eigenvalue weighted by Crippen LogP contribution is -2.34. The maximum absolute atomic E-state index is 12.3. The summed E-state index contributed by atoms with van der Waals surface area (Å²) >= 11 is 0. The van der Waals surface area contributed by atoms with Gasteiger partial charge in [0.2, 0.25) is 0 Å². The summed E-state index contributed by atoms with van der Waals surface area (Å²) in [6, 6.07) is 0. The third kappa shape index (κ3) is 4.39. The van der Waals surface area contributed by atoms with Gasteiger partial charge in [-0.05, 0) is 39.0 Å². The minimum absolute atomic E-state index is 0.0204. The summed E-state index contributed by atoms with van der Waals surface area (Å²) in [6.07, 6.45) is 3.08. The Morgan fingerprint density at radius 3 is 2.60 bits per heavy atom. The molecule has 0 spiro atoms. The summed E-state index contributed by atoms with van der Waals surface area (Å²) < 4.78 is 11.2. The highest BCUT2D eigenvalue weighted by Crippen LogP contribution is 2.38. The van der Waals surface area contributed by atoms with Gasteiger partial charge in [-0.2, -0.15) is 0 Å². The molecule has 0 aromatic carbocycles. The lowest BCUT2D eigenvalue weighted by atomic mass is 9.79. The van der Waals surface area contributed by atoms with Crippen molar-refractivity contribution < 1.29 is 23.9 Å². The van der Waals surface area contributed by atoms with Crippen molar-refractivity contribution in [1.82, 2.24) is 0 Å². The molecule has 1 heterocycles. The summed E-state index contributed by atoms with van der Waals surface area (Å²) in [5.41, 5.74) is 0.962. The fraction of sp³-hybridized carbons (Fsp3) is 0.650. The number of Topliss-reactive ketones (excluding diaryl/α,β-unsaturated/α-hetero) is 1. The van der Waals surface area contributed by atoms with Gasteiger partial charge in [0, 0.05) is 29.4 Å². The van der Waals surface area contributed by atoms with Crippen LogP contribution < -0.4 is 0 Å². The molecule has 5 heteroatoms. The second-order valence-corrected chi connectivity index (χ2v) is 7.35. The molecule has 0 N–H and O–H groups in total. The van der Waals surface area contributed by atoms with Gasteiger partial charge in [0.15, 0.2) is 0 Å². The summed E-state index contributed by atoms with van der Waals surface area (Å²) in [5, 5.41) is 0. The molecule has 1 saturated heterocycles. The zero-order chi connectivity index (χ0) is 18.7. The molecule has 2 aliphatic rings. The molecule has 0 unspecified atom stereocenters. The summed E-state index contributed by atoms with van der Waals surface area (Å²) in [5.74, 6) is -0.947. The first-order valence-electron chi connectivity index (χ1n) is 9.01. The first-order chi connectivity index (χ1) is 11.7. The average Bonchev–Trinajstić information content (AvgIpc) is 2.84. The first-order valence-corrected chi connectivity index (χ1v) is 9.01. The Hall–Kier alpha value is -1.91. The molecule has 2 rings (SSSR count). The van der Waals surface area contributed by atoms with Crippen molar-refractivity contribution in [3.8, 4) is 0 Å². The number of ether oxygens (including phenoxy) is 2. The highest BCUT2D eigenvalue weighted by molar-refractivity contribution is 5.91. The Morgan fingerprint density at radius 1 is 1.28 bits per heavy atom. The van der Waals surface area contributed by atoms with Crippen LogP contribution in [0.3, 0.4) is 0 Å². The molecule has 5 nitrogen and oxygen atoms in total. The van der Waals surface area contributed by atoms with Crippen molar-refractivity contribution in [2.24, 2.45) is 17.8 Å². The van der Waals surface area contributed by atoms with Gasteiger partial charge in [0.1, 0.15) is 18.0 Å². The summed E-state index contributed by atoms with van der Waals surface area (Å²) in [6.45, 7) is 11.2. The van der Waals surface area contributed by atoms with Crippen LogP contribution in [0.2, 0.25) is 0 Å². The zero-order valence-corrected chi connectivity index (χ0v) is 15.5. The molecule has 2 fully saturated rings. The predicted molar refractivity (Wildman–Crippen MR) is 93.6 cm³/mol. The molecular formula is C20H28O5. The maximum Gasteiger partial charge on any atom is 0.334 e. The maximum atomic E-state index is 12.3. The molecule has 25 heavy (non-hydrogen) atoms. The quantitative estimate of drug-likeness (QED) is 0.565. The number of carbonyl (C=O) groups excluding carboxylic acids is 3. The monoisotopic (exact) mass is 348 g/mol. The number of hydrogen-bond acceptors (Lipinski definition) is 5. The fourth-order valence-corrected chi connectivity index (χ4v) is 3.45. The van der Waals surface area contributed by atoms with E-state index in [1.807, 2.05) is 13.8 Å². The normalized spacial score (nSPS) is 34.3. The molecule has 0 aromatic rings. The van der Waals surface area contributed by atoms with Gasteiger partial charge in [-0.25, -0.2) is 9.59 Å². The third-order valence-corrected chi connectivity index (χ3v) is 5.53. The molecule has 0 aromatic heterocycles. The summed E-state index contributed by atoms with van der Waals surface area (Å²) in [7, 11) is 0. The van der Waals surface area contributed by atoms with Crippen molar-refractivity contribution in [2.75, 3.05) is 0 Å². The number of carbonyl (C=O) groups is 3. The van der Waals surface area contributed by atoms with Crippen LogP contribution in [0, 0.1) is 17.8 Å². The molecule has 138 valence electrons. The predicted octanol–water partition coefficient (Wildman–Crippen LogP) is 3.38. The lowest BCUT2D eigenvalue weighted by molar-refractivity contribution is -0.149. The smallest absolute Gasteiger partial charge is 0.334 e. The van der Waals surface area contributed by atoms with Gasteiger partial charge >= 0.3 is 11.9 Å². The van der Waals surface area contributed by atoms with Crippen LogP contribution in [0.4, 0.5) is 0 Å². The number of allylic oxidation sites excluding steroid dienone is 1. The van der Waals surface area contributed by atoms with E-state index in [0.717, 1.165) is 0 Å². The Labute approximate surface area is 149 Å². The van der Waals surface area contributed by atoms with Crippen molar-refractivity contribution >= 4 is 17.7 Å². The van der Waals surface area contributed by atoms with E-state index in [4.69, 9.17) is 9.47 Å². The molecule has 1 aliphatic heterocycles. The molecule has 0 amide bonds. The fourth-order valence-electron chi connectivity index (χ4n) is 3.45. The van der Waals surface area contributed by atoms with Crippen LogP contribution >= 0.6 is 0 Å². The van der Waals surface area contributed by atoms with Crippen LogP contribution in [-0.4, -0.2) is 29.9 Å². The lowest BCUT2D eigenvalue weighted by Gasteiger charge is -2.30. The van der Waals surface area contributed by atoms with Crippen molar-refractivity contribution in [1.29, 1.82) is 0 Å². The van der Waals surface area contributed by atoms with E-state index in [1.165, 1.54) is 0 Å². The molecule has 1 saturated carbocycles. The number of hydrogen-bond donors (Lipinski definition) is 0. The van der Waals surface area contributed by atoms with Gasteiger partial charge in [0.25, 0.3) is 0 Å². The van der Waals surface area contributed by atoms with Gasteiger partial charge in [-0.1, -0.05) is 26.5 Å². The van der Waals surface area contributed by atoms with Crippen LogP contribution in [0.5, 0.6) is 0 Å². The van der Waals surface area contributed by atoms with Crippen LogP contribution in [0.15, 0.2) is 23.8 Å². The Kier molecular flexibility index (Phi) is 6.20. The van der Waals surface area contributed by atoms with Crippen LogP contribution in [-0.2, 0) is 23.9 Å². The average molecular weight is 348 g/mol. The zero-order valence-electron chi connectivity index (χ0n) is 15.5. The standard InChI is InChI=1S/C20H28O5/c1-6-11(2)19(22)24-17-10-15-14(5)20(23)25-18(15)9-13(4)16(21)8-7-12(17)3/h6,12-13,15,17-18H,5,7-10H2,1-4H3/b11-6-/t12-,13+,15+,17+,18-/m1/s1. The third-order valence-electron chi connectivity index (χ3n) is 5.53. The molecule has 0 radical (unpaired) electrons. The number of ketones is 1. The van der Waals surface area contributed by atoms with Gasteiger partial charge < -0.3 is 9.47 Å². The second kappa shape index (κ2) is 7.98. The number of esters is 2. The summed E-state index contributed by atoms with van der Waals surface area (Å²) in [4.78, 5) is 36.5. The van der Waals surface area contributed by atoms with Crippen molar-refractivity contribution in [3.63, 3.8) is 0 Å². The van der Waals surface area contributed by atoms with E-state index in [1.54, 1.807) is 19.9 Å². The number of fused-ring (bicyclic) bond motifs is 1. The second-order valence-electron chi connectivity index (χ2n) is 7.35. The topological polar surface area (TPSA) is 69.7 Å². The molecule has 5 atom stereocenters. The Bertz CT molecular complexity index is 603. The van der Waals surface area contributed by atoms with Crippen molar-refractivity contribution in [2.45, 2.75) is 65.6 Å². The van der Waals surface area contributed by atoms with E-state index in [2.05, 4.69) is 6.58 Å². The van der Waals surface area contributed by atoms with Gasteiger partial charge in [-0.15, -0.1) is 0 Å². The largest absolute Gasteiger partial charge is 0.459 e. The Morgan fingerprint density at radius 2 is 1.96 bits per heavy atom. The van der Waals surface area contributed by atoms with E-state index in [0.29, 0.717) is 36.8 Å². The molecule has 0 bridgehead atoms. The van der Waals surface area contributed by atoms with Crippen LogP contribution in [0.1, 0.15) is 53.4 Å². The molecular weight excluding hydrogens is 320 g/mol. The van der Waals surface area contributed by atoms with Gasteiger partial charge in [0.05, 0.1) is 0 Å². The van der Waals surface area contributed by atoms with Crippen molar-refractivity contribution in [3.05, 3.63) is 23.8 Å². The first kappa shape index (κ1) is 19.4. The highest BCUT2D eigenvalue weighted by atomic mass is 16.6. The highest BCUT2D eigenvalue weighted by Gasteiger charge is 2.43. The molecule has 1 aliphatic carbocycles. The minimum Gasteiger partial charge on any atom is -0.459 e. The van der Waals surface area contributed by atoms with Gasteiger partial charge in [-0.3, -0.25) is 4.79 Å². The minimum atomic E-state index is -0.406. The van der Waals surface area contributed by atoms with E-state index < -0.39 is 5.97 Å². The number of rotatable bonds is 2. The van der Waals surface area contributed by atoms with E-state index in [9.17, 15) is 14.4 Å². The van der Waals surface area contributed by atoms with E-state index in [-0.39, 0.29) is 41.7 Å². The SMILES string of the molecule is C=C1C(=O)O[C@@H]2C[C@H](C)C(=O)CC[C@@H](C)[C@@H](OC(=O)/C(C)=C\C)C[C@@H]12.